The van der Waals surface area contributed by atoms with E-state index in [1.54, 1.807) is 30.5 Å². The van der Waals surface area contributed by atoms with Gasteiger partial charge in [-0.15, -0.1) is 0 Å². The van der Waals surface area contributed by atoms with Gasteiger partial charge in [0.2, 0.25) is 0 Å². The van der Waals surface area contributed by atoms with E-state index in [0.29, 0.717) is 23.6 Å². The van der Waals surface area contributed by atoms with Crippen molar-refractivity contribution in [3.63, 3.8) is 0 Å². The smallest absolute Gasteiger partial charge is 0.489 e. The molecule has 0 radical (unpaired) electrons. The monoisotopic (exact) mass is 332 g/mol. The molecule has 0 fully saturated rings. The average molecular weight is 332 g/mol. The predicted molar refractivity (Wildman–Crippen MR) is 50.8 cm³/mol. The van der Waals surface area contributed by atoms with E-state index in [2.05, 4.69) is 15.4 Å². The van der Waals surface area contributed by atoms with E-state index < -0.39 is 0 Å². The molecule has 2 rings (SSSR count). The number of nitriles is 1. The zero-order valence-electron chi connectivity index (χ0n) is 8.79. The van der Waals surface area contributed by atoms with Crippen molar-refractivity contribution in [2.24, 2.45) is 0 Å². The number of benzene rings is 1. The van der Waals surface area contributed by atoms with Gasteiger partial charge in [0.05, 0.1) is 11.6 Å². The summed E-state index contributed by atoms with van der Waals surface area (Å²) in [6.45, 7) is 0.332. The predicted octanol–water partition coefficient (Wildman–Crippen LogP) is -2.11. The molecule has 16 heavy (non-hydrogen) atoms. The van der Waals surface area contributed by atoms with Gasteiger partial charge in [-0.3, -0.25) is 5.21 Å². The standard InChI is InChI=1S/C10H7N4O.Cs/c11-5-8-1-3-10(4-2-8)15-7-9-6-12-14-13-9;/h1-4,6H,7H2;/q-1;+1. The molecule has 0 aliphatic heterocycles. The zero-order valence-corrected chi connectivity index (χ0v) is 15.1. The summed E-state index contributed by atoms with van der Waals surface area (Å²) in [7, 11) is 0. The molecule has 0 saturated carbocycles. The summed E-state index contributed by atoms with van der Waals surface area (Å²) >= 11 is 0. The minimum absolute atomic E-state index is 0. The van der Waals surface area contributed by atoms with Crippen LogP contribution in [0.5, 0.6) is 5.75 Å². The van der Waals surface area contributed by atoms with E-state index in [9.17, 15) is 0 Å². The molecule has 1 aromatic carbocycles. The molecule has 0 unspecified atom stereocenters. The molecule has 0 aliphatic carbocycles. The quantitative estimate of drug-likeness (QED) is 0.643. The maximum absolute atomic E-state index is 8.59. The third kappa shape index (κ3) is 3.94. The molecule has 5 nitrogen and oxygen atoms in total. The second kappa shape index (κ2) is 7.11. The molecule has 1 heterocycles. The first-order valence-corrected chi connectivity index (χ1v) is 4.31. The maximum atomic E-state index is 8.59. The van der Waals surface area contributed by atoms with E-state index in [1.807, 2.05) is 6.07 Å². The number of aromatic nitrogens is 3. The summed E-state index contributed by atoms with van der Waals surface area (Å²) in [5.41, 5.74) is 1.29. The summed E-state index contributed by atoms with van der Waals surface area (Å²) in [4.78, 5) is 0. The first-order chi connectivity index (χ1) is 7.38. The maximum Gasteiger partial charge on any atom is 1.00 e. The van der Waals surface area contributed by atoms with Gasteiger partial charge in [0.25, 0.3) is 0 Å². The third-order valence-corrected chi connectivity index (χ3v) is 1.80. The van der Waals surface area contributed by atoms with Crippen LogP contribution in [0.15, 0.2) is 30.5 Å². The molecule has 2 aromatic rings. The molecule has 0 N–H and O–H groups in total. The summed E-state index contributed by atoms with van der Waals surface area (Å²) in [6.07, 6.45) is 1.55. The Morgan fingerprint density at radius 3 is 2.62 bits per heavy atom. The Morgan fingerprint density at radius 1 is 1.31 bits per heavy atom. The van der Waals surface area contributed by atoms with Crippen LogP contribution in [0.4, 0.5) is 0 Å². The average Bonchev–Trinajstić information content (AvgIpc) is 2.80. The molecule has 0 bridgehead atoms. The fraction of sp³-hybridized carbons (Fsp3) is 0.100. The molecule has 1 aromatic heterocycles. The Morgan fingerprint density at radius 2 is 2.06 bits per heavy atom. The molecule has 0 atom stereocenters. The molecule has 74 valence electrons. The Balaban J connectivity index is 0.00000128. The summed E-state index contributed by atoms with van der Waals surface area (Å²) in [6, 6.07) is 8.91. The van der Waals surface area contributed by atoms with E-state index in [0.717, 1.165) is 0 Å². The third-order valence-electron chi connectivity index (χ3n) is 1.80. The second-order valence-corrected chi connectivity index (χ2v) is 2.85. The van der Waals surface area contributed by atoms with Crippen LogP contribution < -0.4 is 78.7 Å². The Bertz CT molecular complexity index is 461. The normalized spacial score (nSPS) is 8.94. The van der Waals surface area contributed by atoms with Gasteiger partial charge in [-0.25, -0.2) is 0 Å². The van der Waals surface area contributed by atoms with Crippen LogP contribution >= 0.6 is 0 Å². The van der Waals surface area contributed by atoms with E-state index in [1.165, 1.54) is 0 Å². The van der Waals surface area contributed by atoms with Crippen LogP contribution in [-0.2, 0) is 6.61 Å². The van der Waals surface area contributed by atoms with E-state index in [4.69, 9.17) is 10.00 Å². The Kier molecular flexibility index (Phi) is 6.12. The largest absolute Gasteiger partial charge is 1.00 e. The van der Waals surface area contributed by atoms with Crippen molar-refractivity contribution in [1.82, 2.24) is 15.4 Å². The molecular formula is C10H7CsN4O. The minimum Gasteiger partial charge on any atom is -0.489 e. The van der Waals surface area contributed by atoms with Crippen LogP contribution in [0, 0.1) is 11.3 Å². The molecular weight excluding hydrogens is 325 g/mol. The SMILES string of the molecule is N#Cc1ccc(OCc2c[n-]nn2)cc1.[Cs+]. The fourth-order valence-corrected chi connectivity index (χ4v) is 1.05. The van der Waals surface area contributed by atoms with E-state index >= 15 is 0 Å². The summed E-state index contributed by atoms with van der Waals surface area (Å²) < 4.78 is 5.40. The number of hydrogen-bond acceptors (Lipinski definition) is 4. The van der Waals surface area contributed by atoms with Crippen molar-refractivity contribution in [3.05, 3.63) is 41.7 Å². The van der Waals surface area contributed by atoms with Crippen molar-refractivity contribution < 1.29 is 73.6 Å². The molecule has 6 heteroatoms. The van der Waals surface area contributed by atoms with Gasteiger partial charge in [0, 0.05) is 0 Å². The number of hydrogen-bond donors (Lipinski definition) is 0. The van der Waals surface area contributed by atoms with Gasteiger partial charge in [-0.2, -0.15) is 5.26 Å². The van der Waals surface area contributed by atoms with Gasteiger partial charge in [0.15, 0.2) is 0 Å². The van der Waals surface area contributed by atoms with Gasteiger partial charge in [-0.05, 0) is 30.0 Å². The van der Waals surface area contributed by atoms with Crippen molar-refractivity contribution in [2.75, 3.05) is 0 Å². The topological polar surface area (TPSA) is 72.9 Å². The van der Waals surface area contributed by atoms with Crippen LogP contribution in [0.3, 0.4) is 0 Å². The first-order valence-electron chi connectivity index (χ1n) is 4.31. The van der Waals surface area contributed by atoms with Gasteiger partial charge in [-0.1, -0.05) is 6.20 Å². The van der Waals surface area contributed by atoms with Gasteiger partial charge in [0.1, 0.15) is 12.4 Å². The number of nitrogens with zero attached hydrogens (tertiary/aromatic N) is 4. The van der Waals surface area contributed by atoms with Crippen molar-refractivity contribution >= 4 is 0 Å². The Labute approximate surface area is 152 Å². The molecule has 0 amide bonds. The van der Waals surface area contributed by atoms with Crippen LogP contribution in [0.1, 0.15) is 11.3 Å². The number of ether oxygens (including phenoxy) is 1. The van der Waals surface area contributed by atoms with Crippen LogP contribution in [0.2, 0.25) is 0 Å². The van der Waals surface area contributed by atoms with E-state index in [-0.39, 0.29) is 68.9 Å². The van der Waals surface area contributed by atoms with Crippen molar-refractivity contribution in [2.45, 2.75) is 6.61 Å². The van der Waals surface area contributed by atoms with Crippen LogP contribution in [-0.4, -0.2) is 10.3 Å². The second-order valence-electron chi connectivity index (χ2n) is 2.85. The summed E-state index contributed by atoms with van der Waals surface area (Å²) in [5.74, 6) is 0.692. The molecule has 0 aliphatic rings. The molecule has 0 spiro atoms. The van der Waals surface area contributed by atoms with Crippen LogP contribution in [0.25, 0.3) is 0 Å². The summed E-state index contributed by atoms with van der Waals surface area (Å²) in [5, 5.41) is 19.3. The molecule has 0 saturated heterocycles. The van der Waals surface area contributed by atoms with Gasteiger partial charge < -0.3 is 14.9 Å². The Hall–Kier alpha value is -0.298. The van der Waals surface area contributed by atoms with Gasteiger partial charge >= 0.3 is 68.9 Å². The minimum atomic E-state index is 0. The van der Waals surface area contributed by atoms with Crippen molar-refractivity contribution in [3.8, 4) is 11.8 Å². The first kappa shape index (κ1) is 13.8. The fourth-order valence-electron chi connectivity index (χ4n) is 1.05. The zero-order chi connectivity index (χ0) is 10.5. The van der Waals surface area contributed by atoms with Crippen molar-refractivity contribution in [1.29, 1.82) is 5.26 Å². The number of rotatable bonds is 3.